The molecule has 9 N–H and O–H groups in total. The summed E-state index contributed by atoms with van der Waals surface area (Å²) >= 11 is 0. The van der Waals surface area contributed by atoms with Gasteiger partial charge in [0.1, 0.15) is 34.5 Å². The number of fused-ring (bicyclic) bond motifs is 3. The third-order valence-electron chi connectivity index (χ3n) is 17.5. The highest BCUT2D eigenvalue weighted by molar-refractivity contribution is 5.92. The van der Waals surface area contributed by atoms with Crippen LogP contribution in [0.15, 0.2) is 91.4 Å². The van der Waals surface area contributed by atoms with Crippen LogP contribution in [0, 0.1) is 22.5 Å². The lowest BCUT2D eigenvalue weighted by Gasteiger charge is -2.38. The number of pyridine rings is 6. The van der Waals surface area contributed by atoms with Gasteiger partial charge in [0, 0.05) is 109 Å². The maximum atomic E-state index is 14.6. The molecule has 2 aliphatic carbocycles. The van der Waals surface area contributed by atoms with Crippen molar-refractivity contribution in [3.63, 3.8) is 0 Å². The number of H-pyrrole nitrogens is 3. The van der Waals surface area contributed by atoms with E-state index in [9.17, 15) is 32.2 Å². The minimum atomic E-state index is -4.56. The van der Waals surface area contributed by atoms with Crippen molar-refractivity contribution >= 4 is 50.6 Å². The molecule has 452 valence electrons. The number of ether oxygens (including phenoxy) is 1. The minimum Gasteiger partial charge on any atom is -0.388 e. The van der Waals surface area contributed by atoms with Crippen LogP contribution < -0.4 is 31.1 Å². The van der Waals surface area contributed by atoms with Crippen molar-refractivity contribution in [3.05, 3.63) is 109 Å². The fourth-order valence-electron chi connectivity index (χ4n) is 12.1. The normalized spacial score (nSPS) is 24.6. The number of aromatic nitrogens is 12. The summed E-state index contributed by atoms with van der Waals surface area (Å²) in [7, 11) is 1.57. The monoisotopic (exact) mass is 1170 g/mol. The molecular weight excluding hydrogens is 1090 g/mol. The van der Waals surface area contributed by atoms with E-state index in [0.29, 0.717) is 83.8 Å². The second-order valence-electron chi connectivity index (χ2n) is 23.5. The van der Waals surface area contributed by atoms with E-state index in [4.69, 9.17) is 10.5 Å². The predicted octanol–water partition coefficient (Wildman–Crippen LogP) is 8.26. The molecule has 0 radical (unpaired) electrons. The molecule has 6 atom stereocenters. The van der Waals surface area contributed by atoms with E-state index in [-0.39, 0.29) is 66.4 Å². The molecule has 9 aromatic rings. The second kappa shape index (κ2) is 21.6. The van der Waals surface area contributed by atoms with Crippen LogP contribution in [0.5, 0.6) is 0 Å². The van der Waals surface area contributed by atoms with Crippen molar-refractivity contribution in [2.24, 2.45) is 16.6 Å². The van der Waals surface area contributed by atoms with Crippen LogP contribution in [0.1, 0.15) is 61.1 Å². The number of halogens is 5. The van der Waals surface area contributed by atoms with Gasteiger partial charge in [0.25, 0.3) is 0 Å². The largest absolute Gasteiger partial charge is 0.418 e. The Labute approximate surface area is 488 Å². The van der Waals surface area contributed by atoms with Gasteiger partial charge in [-0.3, -0.25) is 15.3 Å². The summed E-state index contributed by atoms with van der Waals surface area (Å²) < 4.78 is 75.5. The molecule has 2 saturated carbocycles. The van der Waals surface area contributed by atoms with Gasteiger partial charge in [0.2, 0.25) is 0 Å². The molecule has 3 saturated heterocycles. The SMILES string of the molecule is CC1(C)CC1(O)C1CN(c2ccc(F)c(-c3[nH]nc4ncccc34)n2)CCN1.CC1(C)CC1(O)C1CN(c2ccc(F)c(-c3[nH]nc4ncccc34)n2)CCN1.CO[C@H]1CN(c2ccc(C(F)(F)F)c(-c3[nH]nc4ncccc34)n2)CC[C@H]1N.[HH].[HH].[HH].[HH].[HH].[HH]. The minimum absolute atomic E-state index is 0. The molecule has 84 heavy (non-hydrogen) atoms. The van der Waals surface area contributed by atoms with Crippen LogP contribution in [-0.4, -0.2) is 166 Å². The maximum absolute atomic E-state index is 14.6. The molecule has 12 heterocycles. The molecule has 0 aromatic carbocycles. The third kappa shape index (κ3) is 10.5. The Morgan fingerprint density at radius 1 is 0.583 bits per heavy atom. The Kier molecular flexibility index (Phi) is 14.6. The number of rotatable bonds is 9. The fourth-order valence-corrected chi connectivity index (χ4v) is 12.1. The summed E-state index contributed by atoms with van der Waals surface area (Å²) in [5, 5.41) is 51.4. The quantitative estimate of drug-likeness (QED) is 0.0632. The average molecular weight is 1170 g/mol. The first kappa shape index (κ1) is 56.6. The summed E-state index contributed by atoms with van der Waals surface area (Å²) in [6.45, 7) is 13.6. The van der Waals surface area contributed by atoms with Crippen molar-refractivity contribution in [2.75, 3.05) is 74.2 Å². The number of nitrogens with zero attached hydrogens (tertiary/aromatic N) is 12. The van der Waals surface area contributed by atoms with Gasteiger partial charge in [-0.15, -0.1) is 0 Å². The molecule has 21 nitrogen and oxygen atoms in total. The van der Waals surface area contributed by atoms with Crippen molar-refractivity contribution in [3.8, 4) is 34.2 Å². The van der Waals surface area contributed by atoms with Crippen LogP contribution in [0.4, 0.5) is 39.4 Å². The summed E-state index contributed by atoms with van der Waals surface area (Å²) in [6, 6.07) is 19.1. The Morgan fingerprint density at radius 2 is 0.976 bits per heavy atom. The first-order chi connectivity index (χ1) is 40.2. The second-order valence-corrected chi connectivity index (χ2v) is 23.5. The zero-order valence-electron chi connectivity index (χ0n) is 46.9. The van der Waals surface area contributed by atoms with Gasteiger partial charge in [0.15, 0.2) is 28.6 Å². The number of nitrogens with two attached hydrogens (primary N) is 1. The molecule has 3 aliphatic heterocycles. The topological polar surface area (TPSA) is 273 Å². The lowest BCUT2D eigenvalue weighted by atomic mass is 9.98. The van der Waals surface area contributed by atoms with Crippen molar-refractivity contribution in [1.82, 2.24) is 71.1 Å². The van der Waals surface area contributed by atoms with Gasteiger partial charge >= 0.3 is 6.18 Å². The number of alkyl halides is 3. The lowest BCUT2D eigenvalue weighted by molar-refractivity contribution is -0.137. The number of anilines is 3. The van der Waals surface area contributed by atoms with Gasteiger partial charge in [-0.05, 0) is 103 Å². The molecule has 5 aliphatic rings. The summed E-state index contributed by atoms with van der Waals surface area (Å²) in [5.74, 6) is 0.996. The fraction of sp³-hybridized carbons (Fsp3) is 0.431. The number of aromatic amines is 3. The van der Waals surface area contributed by atoms with Gasteiger partial charge < -0.3 is 46.0 Å². The number of hydrogen-bond acceptors (Lipinski definition) is 18. The van der Waals surface area contributed by atoms with E-state index in [0.717, 1.165) is 55.9 Å². The molecule has 14 rings (SSSR count). The van der Waals surface area contributed by atoms with Crippen molar-refractivity contribution in [2.45, 2.75) is 88.6 Å². The van der Waals surface area contributed by atoms with Gasteiger partial charge in [0.05, 0.1) is 52.0 Å². The molecule has 0 amide bonds. The van der Waals surface area contributed by atoms with E-state index < -0.39 is 34.6 Å². The first-order valence-electron chi connectivity index (χ1n) is 27.9. The standard InChI is InChI=1S/2C20H23FN6O.C18H19F3N6O.6H2/c2*1-19(2)11-20(19,28)14-10-27(9-8-22-14)15-6-5-13(21)17(24-15)16-12-4-3-7-23-18(12)26-25-16;1-28-13-9-27(8-6-12(13)22)14-5-4-11(18(19,20)21)16(24-14)15-10-3-2-7-23-17(10)26-25-15;;;;;;/h2*3-7,14,22,28H,8-11H2,1-2H3,(H,23,25,26);2-5,7,12-13H,6,8-9,22H2,1H3,(H,23,25,26);6*1H/t;;12-,13+;;;;;;/m..1....../s1. The van der Waals surface area contributed by atoms with Crippen molar-refractivity contribution < 1.29 is 45.5 Å². The molecule has 5 fully saturated rings. The number of hydrogen-bond donors (Lipinski definition) is 8. The van der Waals surface area contributed by atoms with E-state index in [2.05, 4.69) is 109 Å². The van der Waals surface area contributed by atoms with Crippen LogP contribution in [0.3, 0.4) is 0 Å². The van der Waals surface area contributed by atoms with Gasteiger partial charge in [-0.1, -0.05) is 27.7 Å². The number of piperidine rings is 1. The van der Waals surface area contributed by atoms with E-state index in [1.807, 2.05) is 17.0 Å². The highest BCUT2D eigenvalue weighted by Gasteiger charge is 2.66. The molecular formula is C58H77F5N18O3. The highest BCUT2D eigenvalue weighted by atomic mass is 19.4. The molecule has 26 heteroatoms. The van der Waals surface area contributed by atoms with E-state index in [1.54, 1.807) is 55.9 Å². The summed E-state index contributed by atoms with van der Waals surface area (Å²) in [5.41, 5.74) is 6.51. The predicted molar refractivity (Wildman–Crippen MR) is 319 cm³/mol. The zero-order valence-corrected chi connectivity index (χ0v) is 46.9. The number of nitrogens with one attached hydrogen (secondary N) is 5. The average Bonchev–Trinajstić information content (AvgIpc) is 1.57. The lowest BCUT2D eigenvalue weighted by Crippen LogP contribution is -2.58. The Balaban J connectivity index is 0.000000208. The van der Waals surface area contributed by atoms with Gasteiger partial charge in [-0.25, -0.2) is 38.7 Å². The van der Waals surface area contributed by atoms with Crippen LogP contribution >= 0.6 is 0 Å². The summed E-state index contributed by atoms with van der Waals surface area (Å²) in [6.07, 6.45) is 2.28. The number of piperazine rings is 2. The Morgan fingerprint density at radius 3 is 1.38 bits per heavy atom. The number of methoxy groups -OCH3 is 1. The molecule has 9 aromatic heterocycles. The van der Waals surface area contributed by atoms with E-state index >= 15 is 0 Å². The molecule has 0 bridgehead atoms. The van der Waals surface area contributed by atoms with Crippen LogP contribution in [0.2, 0.25) is 0 Å². The Bertz CT molecular complexity index is 3740. The zero-order chi connectivity index (χ0) is 58.9. The Hall–Kier alpha value is -7.88. The van der Waals surface area contributed by atoms with Crippen LogP contribution in [0.25, 0.3) is 67.3 Å². The molecule has 4 unspecified atom stereocenters. The maximum Gasteiger partial charge on any atom is 0.418 e. The summed E-state index contributed by atoms with van der Waals surface area (Å²) in [4.78, 5) is 32.1. The first-order valence-corrected chi connectivity index (χ1v) is 27.9. The molecule has 0 spiro atoms. The van der Waals surface area contributed by atoms with E-state index in [1.165, 1.54) is 24.4 Å². The van der Waals surface area contributed by atoms with Gasteiger partial charge in [-0.2, -0.15) is 28.5 Å². The van der Waals surface area contributed by atoms with Crippen molar-refractivity contribution in [1.29, 1.82) is 0 Å². The van der Waals surface area contributed by atoms with Crippen LogP contribution in [-0.2, 0) is 10.9 Å². The smallest absolute Gasteiger partial charge is 0.388 e. The highest BCUT2D eigenvalue weighted by Crippen LogP contribution is 2.59. The number of aliphatic hydroxyl groups is 2. The third-order valence-corrected chi connectivity index (χ3v) is 17.5.